The first-order valence-corrected chi connectivity index (χ1v) is 7.50. The van der Waals surface area contributed by atoms with Crippen molar-refractivity contribution < 1.29 is 18.8 Å². The van der Waals surface area contributed by atoms with Gasteiger partial charge in [-0.15, -0.1) is 0 Å². The van der Waals surface area contributed by atoms with Crippen LogP contribution in [0.3, 0.4) is 0 Å². The molecule has 1 aromatic rings. The monoisotopic (exact) mass is 341 g/mol. The van der Waals surface area contributed by atoms with E-state index >= 15 is 0 Å². The lowest BCUT2D eigenvalue weighted by Crippen LogP contribution is -2.51. The third-order valence-electron chi connectivity index (χ3n) is 3.70. The Morgan fingerprint density at radius 3 is 2.48 bits per heavy atom. The molecular weight excluding hydrogens is 325 g/mol. The van der Waals surface area contributed by atoms with Crippen molar-refractivity contribution in [3.8, 4) is 0 Å². The molecule has 0 radical (unpaired) electrons. The fraction of sp³-hybridized carbons (Fsp3) is 0.400. The highest BCUT2D eigenvalue weighted by Crippen LogP contribution is 2.23. The van der Waals surface area contributed by atoms with Gasteiger partial charge in [-0.2, -0.15) is 0 Å². The van der Waals surface area contributed by atoms with Crippen molar-refractivity contribution in [3.63, 3.8) is 0 Å². The number of hydrogen-bond donors (Lipinski definition) is 0. The lowest BCUT2D eigenvalue weighted by molar-refractivity contribution is -0.134. The number of piperazine rings is 1. The van der Waals surface area contributed by atoms with E-state index in [1.165, 1.54) is 24.0 Å². The van der Waals surface area contributed by atoms with Gasteiger partial charge in [-0.3, -0.25) is 14.4 Å². The number of anilines is 1. The molecule has 1 heterocycles. The summed E-state index contributed by atoms with van der Waals surface area (Å²) in [5, 5.41) is -0.110. The van der Waals surface area contributed by atoms with E-state index in [-0.39, 0.29) is 23.4 Å². The van der Waals surface area contributed by atoms with Gasteiger partial charge >= 0.3 is 0 Å². The lowest BCUT2D eigenvalue weighted by atomic mass is 10.2. The number of amides is 3. The van der Waals surface area contributed by atoms with Crippen LogP contribution in [0.1, 0.15) is 6.92 Å². The minimum atomic E-state index is -0.588. The minimum Gasteiger partial charge on any atom is -0.342 e. The van der Waals surface area contributed by atoms with Gasteiger partial charge in [0.15, 0.2) is 0 Å². The Hall–Kier alpha value is -2.15. The van der Waals surface area contributed by atoms with Gasteiger partial charge in [0.25, 0.3) is 0 Å². The maximum absolute atomic E-state index is 13.2. The SMILES string of the molecule is CC(=O)N(CC(=O)N1CCN(C=O)CC1)c1ccc(F)c(Cl)c1. The molecule has 0 aromatic heterocycles. The zero-order valence-corrected chi connectivity index (χ0v) is 13.4. The molecule has 0 bridgehead atoms. The first-order valence-electron chi connectivity index (χ1n) is 7.12. The van der Waals surface area contributed by atoms with Gasteiger partial charge in [0, 0.05) is 38.8 Å². The Morgan fingerprint density at radius 2 is 1.96 bits per heavy atom. The van der Waals surface area contributed by atoms with Crippen LogP contribution >= 0.6 is 11.6 Å². The molecule has 0 unspecified atom stereocenters. The second kappa shape index (κ2) is 7.41. The van der Waals surface area contributed by atoms with Crippen molar-refractivity contribution in [1.82, 2.24) is 9.80 Å². The molecule has 8 heteroatoms. The van der Waals surface area contributed by atoms with Crippen LogP contribution in [0.4, 0.5) is 10.1 Å². The highest BCUT2D eigenvalue weighted by atomic mass is 35.5. The van der Waals surface area contributed by atoms with E-state index < -0.39 is 5.82 Å². The van der Waals surface area contributed by atoms with Gasteiger partial charge in [-0.1, -0.05) is 11.6 Å². The molecule has 6 nitrogen and oxygen atoms in total. The molecule has 1 saturated heterocycles. The smallest absolute Gasteiger partial charge is 0.242 e. The first-order chi connectivity index (χ1) is 10.9. The van der Waals surface area contributed by atoms with Crippen LogP contribution in [0.25, 0.3) is 0 Å². The largest absolute Gasteiger partial charge is 0.342 e. The summed E-state index contributed by atoms with van der Waals surface area (Å²) in [4.78, 5) is 39.3. The Morgan fingerprint density at radius 1 is 1.30 bits per heavy atom. The summed E-state index contributed by atoms with van der Waals surface area (Å²) >= 11 is 5.73. The standard InChI is InChI=1S/C15H17ClFN3O3/c1-11(22)20(12-2-3-14(17)13(16)8-12)9-15(23)19-6-4-18(10-21)5-7-19/h2-3,8,10H,4-7,9H2,1H3. The predicted octanol–water partition coefficient (Wildman–Crippen LogP) is 1.13. The van der Waals surface area contributed by atoms with E-state index in [0.717, 1.165) is 12.5 Å². The maximum Gasteiger partial charge on any atom is 0.242 e. The van der Waals surface area contributed by atoms with E-state index in [1.807, 2.05) is 0 Å². The van der Waals surface area contributed by atoms with Crippen molar-refractivity contribution in [2.45, 2.75) is 6.92 Å². The quantitative estimate of drug-likeness (QED) is 0.771. The predicted molar refractivity (Wildman–Crippen MR) is 83.7 cm³/mol. The Labute approximate surface area is 138 Å². The second-order valence-corrected chi connectivity index (χ2v) is 5.63. The van der Waals surface area contributed by atoms with Crippen molar-refractivity contribution in [1.29, 1.82) is 0 Å². The number of rotatable bonds is 4. The molecule has 2 rings (SSSR count). The molecular formula is C15H17ClFN3O3. The van der Waals surface area contributed by atoms with Crippen LogP contribution in [0.2, 0.25) is 5.02 Å². The molecule has 0 saturated carbocycles. The van der Waals surface area contributed by atoms with Gasteiger partial charge in [-0.05, 0) is 18.2 Å². The summed E-state index contributed by atoms with van der Waals surface area (Å²) in [5.41, 5.74) is 0.365. The van der Waals surface area contributed by atoms with Gasteiger partial charge < -0.3 is 14.7 Å². The van der Waals surface area contributed by atoms with Crippen LogP contribution in [0.15, 0.2) is 18.2 Å². The number of nitrogens with zero attached hydrogens (tertiary/aromatic N) is 3. The number of carbonyl (C=O) groups is 3. The molecule has 0 N–H and O–H groups in total. The van der Waals surface area contributed by atoms with Crippen LogP contribution in [-0.2, 0) is 14.4 Å². The van der Waals surface area contributed by atoms with Crippen LogP contribution in [-0.4, -0.2) is 60.7 Å². The first kappa shape index (κ1) is 17.2. The molecule has 0 spiro atoms. The van der Waals surface area contributed by atoms with Crippen molar-refractivity contribution >= 4 is 35.5 Å². The average molecular weight is 342 g/mol. The molecule has 124 valence electrons. The van der Waals surface area contributed by atoms with Gasteiger partial charge in [0.2, 0.25) is 18.2 Å². The summed E-state index contributed by atoms with van der Waals surface area (Å²) in [5.74, 6) is -1.16. The van der Waals surface area contributed by atoms with E-state index in [1.54, 1.807) is 9.80 Å². The average Bonchev–Trinajstić information content (AvgIpc) is 2.55. The van der Waals surface area contributed by atoms with Gasteiger partial charge in [0.05, 0.1) is 5.02 Å². The van der Waals surface area contributed by atoms with E-state index in [2.05, 4.69) is 0 Å². The topological polar surface area (TPSA) is 60.9 Å². The zero-order chi connectivity index (χ0) is 17.0. The van der Waals surface area contributed by atoms with Crippen LogP contribution in [0.5, 0.6) is 0 Å². The molecule has 1 aliphatic heterocycles. The number of halogens is 2. The minimum absolute atomic E-state index is 0.110. The fourth-order valence-corrected chi connectivity index (χ4v) is 2.52. The molecule has 1 aliphatic rings. The van der Waals surface area contributed by atoms with E-state index in [4.69, 9.17) is 11.6 Å². The van der Waals surface area contributed by atoms with Gasteiger partial charge in [0.1, 0.15) is 12.4 Å². The molecule has 23 heavy (non-hydrogen) atoms. The Balaban J connectivity index is 2.07. The van der Waals surface area contributed by atoms with Crippen molar-refractivity contribution in [2.24, 2.45) is 0 Å². The molecule has 1 fully saturated rings. The second-order valence-electron chi connectivity index (χ2n) is 5.23. The third-order valence-corrected chi connectivity index (χ3v) is 3.99. The normalized spacial score (nSPS) is 14.6. The fourth-order valence-electron chi connectivity index (χ4n) is 2.35. The summed E-state index contributed by atoms with van der Waals surface area (Å²) in [6, 6.07) is 3.87. The summed E-state index contributed by atoms with van der Waals surface area (Å²) in [6.45, 7) is 2.96. The van der Waals surface area contributed by atoms with E-state index in [9.17, 15) is 18.8 Å². The number of benzene rings is 1. The third kappa shape index (κ3) is 4.19. The van der Waals surface area contributed by atoms with Crippen molar-refractivity contribution in [2.75, 3.05) is 37.6 Å². The molecule has 1 aromatic carbocycles. The Bertz CT molecular complexity index is 618. The Kier molecular flexibility index (Phi) is 5.54. The summed E-state index contributed by atoms with van der Waals surface area (Å²) < 4.78 is 13.2. The highest BCUT2D eigenvalue weighted by molar-refractivity contribution is 6.31. The molecule has 3 amide bonds. The maximum atomic E-state index is 13.2. The van der Waals surface area contributed by atoms with Crippen molar-refractivity contribution in [3.05, 3.63) is 29.0 Å². The molecule has 0 aliphatic carbocycles. The summed E-state index contributed by atoms with van der Waals surface area (Å²) in [6.07, 6.45) is 0.754. The van der Waals surface area contributed by atoms with Gasteiger partial charge in [-0.25, -0.2) is 4.39 Å². The summed E-state index contributed by atoms with van der Waals surface area (Å²) in [7, 11) is 0. The van der Waals surface area contributed by atoms with E-state index in [0.29, 0.717) is 31.9 Å². The number of hydrogen-bond acceptors (Lipinski definition) is 3. The molecule has 0 atom stereocenters. The lowest BCUT2D eigenvalue weighted by Gasteiger charge is -2.34. The number of carbonyl (C=O) groups excluding carboxylic acids is 3. The zero-order valence-electron chi connectivity index (χ0n) is 12.7. The van der Waals surface area contributed by atoms with Crippen LogP contribution < -0.4 is 4.90 Å². The van der Waals surface area contributed by atoms with Crippen LogP contribution in [0, 0.1) is 5.82 Å². The highest BCUT2D eigenvalue weighted by Gasteiger charge is 2.24.